The number of nitrogens with one attached hydrogen (secondary N) is 2. The van der Waals surface area contributed by atoms with Crippen molar-refractivity contribution in [1.82, 2.24) is 5.32 Å². The van der Waals surface area contributed by atoms with E-state index in [1.165, 1.54) is 0 Å². The Hall–Kier alpha value is -2.63. The van der Waals surface area contributed by atoms with Crippen LogP contribution in [0.15, 0.2) is 42.5 Å². The Morgan fingerprint density at radius 1 is 1.14 bits per heavy atom. The first kappa shape index (κ1) is 14.8. The zero-order chi connectivity index (χ0) is 15.2. The average molecular weight is 292 g/mol. The number of hydrogen-bond donors (Lipinski definition) is 2. The maximum Gasteiger partial charge on any atom is 0.319 e. The number of benzene rings is 2. The number of methoxy groups -OCH3 is 1. The van der Waals surface area contributed by atoms with Gasteiger partial charge in [-0.3, -0.25) is 0 Å². The highest BCUT2D eigenvalue weighted by Crippen LogP contribution is 2.14. The van der Waals surface area contributed by atoms with Crippen molar-refractivity contribution in [2.75, 3.05) is 12.4 Å². The normalized spacial score (nSPS) is 10.0. The van der Waals surface area contributed by atoms with Gasteiger partial charge in [0.1, 0.15) is 17.4 Å². The van der Waals surface area contributed by atoms with Crippen molar-refractivity contribution in [3.63, 3.8) is 0 Å². The molecule has 2 amide bonds. The largest absolute Gasteiger partial charge is 0.497 e. The molecule has 0 bridgehead atoms. The molecule has 0 saturated heterocycles. The fraction of sp³-hybridized carbons (Fsp3) is 0.133. The number of amides is 2. The summed E-state index contributed by atoms with van der Waals surface area (Å²) in [7, 11) is 1.55. The third-order valence-corrected chi connectivity index (χ3v) is 2.71. The van der Waals surface area contributed by atoms with Crippen LogP contribution in [-0.4, -0.2) is 13.1 Å². The van der Waals surface area contributed by atoms with Crippen molar-refractivity contribution in [3.05, 3.63) is 59.7 Å². The maximum absolute atomic E-state index is 13.0. The maximum atomic E-state index is 13.0. The minimum absolute atomic E-state index is 0.0515. The van der Waals surface area contributed by atoms with Gasteiger partial charge in [0, 0.05) is 18.3 Å². The van der Waals surface area contributed by atoms with Gasteiger partial charge in [-0.1, -0.05) is 12.1 Å². The fourth-order valence-electron chi connectivity index (χ4n) is 1.77. The van der Waals surface area contributed by atoms with Crippen LogP contribution in [0.25, 0.3) is 0 Å². The van der Waals surface area contributed by atoms with E-state index in [0.29, 0.717) is 5.75 Å². The SMILES string of the molecule is COc1cccc(CNC(=O)Nc2cc(F)cc(F)c2)c1. The molecule has 2 aromatic carbocycles. The first-order valence-electron chi connectivity index (χ1n) is 6.20. The van der Waals surface area contributed by atoms with Crippen LogP contribution >= 0.6 is 0 Å². The number of rotatable bonds is 4. The zero-order valence-corrected chi connectivity index (χ0v) is 11.3. The molecule has 0 radical (unpaired) electrons. The number of carbonyl (C=O) groups excluding carboxylic acids is 1. The molecule has 0 atom stereocenters. The molecule has 0 saturated carbocycles. The highest BCUT2D eigenvalue weighted by Gasteiger charge is 2.05. The van der Waals surface area contributed by atoms with Crippen LogP contribution in [0.1, 0.15) is 5.56 Å². The van der Waals surface area contributed by atoms with Crippen molar-refractivity contribution >= 4 is 11.7 Å². The lowest BCUT2D eigenvalue weighted by molar-refractivity contribution is 0.251. The molecule has 0 heterocycles. The van der Waals surface area contributed by atoms with Gasteiger partial charge in [0.2, 0.25) is 0 Å². The summed E-state index contributed by atoms with van der Waals surface area (Å²) in [6, 6.07) is 9.45. The van der Waals surface area contributed by atoms with E-state index in [4.69, 9.17) is 4.74 Å². The van der Waals surface area contributed by atoms with Gasteiger partial charge in [-0.25, -0.2) is 13.6 Å². The van der Waals surface area contributed by atoms with E-state index in [2.05, 4.69) is 10.6 Å². The van der Waals surface area contributed by atoms with Crippen LogP contribution in [-0.2, 0) is 6.54 Å². The highest BCUT2D eigenvalue weighted by atomic mass is 19.1. The summed E-state index contributed by atoms with van der Waals surface area (Å²) in [5.41, 5.74) is 0.894. The van der Waals surface area contributed by atoms with Crippen LogP contribution in [0, 0.1) is 11.6 Å². The molecule has 6 heteroatoms. The van der Waals surface area contributed by atoms with Crippen molar-refractivity contribution in [1.29, 1.82) is 0 Å². The Balaban J connectivity index is 1.92. The highest BCUT2D eigenvalue weighted by molar-refractivity contribution is 5.89. The molecule has 0 unspecified atom stereocenters. The van der Waals surface area contributed by atoms with E-state index in [9.17, 15) is 13.6 Å². The summed E-state index contributed by atoms with van der Waals surface area (Å²) in [5, 5.41) is 4.95. The second kappa shape index (κ2) is 6.69. The van der Waals surface area contributed by atoms with Crippen LogP contribution in [0.2, 0.25) is 0 Å². The molecule has 2 N–H and O–H groups in total. The Labute approximate surface area is 120 Å². The van der Waals surface area contributed by atoms with Crippen molar-refractivity contribution < 1.29 is 18.3 Å². The summed E-state index contributed by atoms with van der Waals surface area (Å²) in [5.74, 6) is -0.821. The van der Waals surface area contributed by atoms with Crippen LogP contribution in [0.3, 0.4) is 0 Å². The van der Waals surface area contributed by atoms with E-state index in [1.807, 2.05) is 6.07 Å². The fourth-order valence-corrected chi connectivity index (χ4v) is 1.77. The number of anilines is 1. The van der Waals surface area contributed by atoms with E-state index in [1.54, 1.807) is 25.3 Å². The molecule has 2 rings (SSSR count). The van der Waals surface area contributed by atoms with E-state index in [-0.39, 0.29) is 12.2 Å². The lowest BCUT2D eigenvalue weighted by Gasteiger charge is -2.09. The second-order valence-corrected chi connectivity index (χ2v) is 4.32. The lowest BCUT2D eigenvalue weighted by atomic mass is 10.2. The number of hydrogen-bond acceptors (Lipinski definition) is 2. The topological polar surface area (TPSA) is 50.4 Å². The zero-order valence-electron chi connectivity index (χ0n) is 11.3. The number of ether oxygens (including phenoxy) is 1. The number of carbonyl (C=O) groups is 1. The molecule has 21 heavy (non-hydrogen) atoms. The second-order valence-electron chi connectivity index (χ2n) is 4.32. The predicted octanol–water partition coefficient (Wildman–Crippen LogP) is 3.30. The minimum atomic E-state index is -0.752. The molecule has 0 aliphatic heterocycles. The Morgan fingerprint density at radius 2 is 1.86 bits per heavy atom. The van der Waals surface area contributed by atoms with Gasteiger partial charge in [-0.15, -0.1) is 0 Å². The van der Waals surface area contributed by atoms with Gasteiger partial charge < -0.3 is 15.4 Å². The standard InChI is InChI=1S/C15H14F2N2O2/c1-21-14-4-2-3-10(5-14)9-18-15(20)19-13-7-11(16)6-12(17)8-13/h2-8H,9H2,1H3,(H2,18,19,20). The van der Waals surface area contributed by atoms with Gasteiger partial charge >= 0.3 is 6.03 Å². The van der Waals surface area contributed by atoms with Crippen LogP contribution in [0.4, 0.5) is 19.3 Å². The smallest absolute Gasteiger partial charge is 0.319 e. The molecule has 0 spiro atoms. The molecule has 110 valence electrons. The monoisotopic (exact) mass is 292 g/mol. The van der Waals surface area contributed by atoms with Crippen LogP contribution < -0.4 is 15.4 Å². The van der Waals surface area contributed by atoms with E-state index in [0.717, 1.165) is 23.8 Å². The van der Waals surface area contributed by atoms with E-state index >= 15 is 0 Å². The predicted molar refractivity (Wildman–Crippen MR) is 75.2 cm³/mol. The third-order valence-electron chi connectivity index (χ3n) is 2.71. The van der Waals surface area contributed by atoms with Gasteiger partial charge in [0.25, 0.3) is 0 Å². The Morgan fingerprint density at radius 3 is 2.52 bits per heavy atom. The molecule has 0 aliphatic carbocycles. The number of halogens is 2. The van der Waals surface area contributed by atoms with Gasteiger partial charge in [-0.05, 0) is 29.8 Å². The van der Waals surface area contributed by atoms with Crippen LogP contribution in [0.5, 0.6) is 5.75 Å². The van der Waals surface area contributed by atoms with Gasteiger partial charge in [0.15, 0.2) is 0 Å². The molecular weight excluding hydrogens is 278 g/mol. The molecule has 0 aromatic heterocycles. The van der Waals surface area contributed by atoms with Gasteiger partial charge in [0.05, 0.1) is 7.11 Å². The van der Waals surface area contributed by atoms with Crippen molar-refractivity contribution in [3.8, 4) is 5.75 Å². The first-order chi connectivity index (χ1) is 10.1. The third kappa shape index (κ3) is 4.45. The summed E-state index contributed by atoms with van der Waals surface area (Å²) >= 11 is 0. The summed E-state index contributed by atoms with van der Waals surface area (Å²) < 4.78 is 31.0. The minimum Gasteiger partial charge on any atom is -0.497 e. The Bertz CT molecular complexity index is 627. The Kier molecular flexibility index (Phi) is 4.71. The van der Waals surface area contributed by atoms with Gasteiger partial charge in [-0.2, -0.15) is 0 Å². The molecule has 2 aromatic rings. The molecular formula is C15H14F2N2O2. The summed E-state index contributed by atoms with van der Waals surface area (Å²) in [4.78, 5) is 11.7. The summed E-state index contributed by atoms with van der Waals surface area (Å²) in [6.45, 7) is 0.265. The number of urea groups is 1. The molecule has 0 aliphatic rings. The summed E-state index contributed by atoms with van der Waals surface area (Å²) in [6.07, 6.45) is 0. The van der Waals surface area contributed by atoms with Crippen molar-refractivity contribution in [2.24, 2.45) is 0 Å². The first-order valence-corrected chi connectivity index (χ1v) is 6.20. The lowest BCUT2D eigenvalue weighted by Crippen LogP contribution is -2.28. The average Bonchev–Trinajstić information content (AvgIpc) is 2.44. The molecule has 0 fully saturated rings. The van der Waals surface area contributed by atoms with E-state index < -0.39 is 17.7 Å². The molecule has 4 nitrogen and oxygen atoms in total. The van der Waals surface area contributed by atoms with Crippen molar-refractivity contribution in [2.45, 2.75) is 6.54 Å². The quantitative estimate of drug-likeness (QED) is 0.908.